The minimum atomic E-state index is -6.35. The molecule has 0 heterocycles. The van der Waals surface area contributed by atoms with Gasteiger partial charge in [-0.2, -0.15) is 30.7 Å². The highest BCUT2D eigenvalue weighted by Crippen LogP contribution is 2.47. The summed E-state index contributed by atoms with van der Waals surface area (Å²) in [6.07, 6.45) is -8.25. The van der Waals surface area contributed by atoms with Crippen LogP contribution < -0.4 is 0 Å². The average molecular weight is 242 g/mol. The predicted octanol–water partition coefficient (Wildman–Crippen LogP) is 2.38. The molecule has 0 aromatic carbocycles. The number of ether oxygens (including phenoxy) is 1. The highest BCUT2D eigenvalue weighted by Gasteiger charge is 2.72. The van der Waals surface area contributed by atoms with Gasteiger partial charge in [0.25, 0.3) is 6.47 Å². The van der Waals surface area contributed by atoms with Gasteiger partial charge in [-0.3, -0.25) is 4.79 Å². The molecule has 0 saturated heterocycles. The number of halogens is 7. The van der Waals surface area contributed by atoms with E-state index in [1.807, 2.05) is 0 Å². The smallest absolute Gasteiger partial charge is 0.459 e. The monoisotopic (exact) mass is 242 g/mol. The minimum absolute atomic E-state index is 0.332. The fourth-order valence-corrected chi connectivity index (χ4v) is 0.600. The van der Waals surface area contributed by atoms with Crippen molar-refractivity contribution in [2.24, 2.45) is 0 Å². The van der Waals surface area contributed by atoms with Gasteiger partial charge in [0.15, 0.2) is 0 Å². The molecule has 0 rings (SSSR count). The molecule has 0 bridgehead atoms. The first kappa shape index (κ1) is 14.0. The molecule has 0 aromatic rings. The fourth-order valence-electron chi connectivity index (χ4n) is 0.600. The summed E-state index contributed by atoms with van der Waals surface area (Å²) in [7, 11) is 0. The van der Waals surface area contributed by atoms with E-state index in [1.165, 1.54) is 0 Å². The third-order valence-corrected chi connectivity index (χ3v) is 1.42. The van der Waals surface area contributed by atoms with E-state index in [0.717, 1.165) is 0 Å². The topological polar surface area (TPSA) is 26.3 Å². The highest BCUT2D eigenvalue weighted by atomic mass is 19.4. The van der Waals surface area contributed by atoms with Crippen molar-refractivity contribution in [3.63, 3.8) is 0 Å². The highest BCUT2D eigenvalue weighted by molar-refractivity contribution is 5.36. The molecule has 90 valence electrons. The number of carbonyl (C=O) groups excluding carboxylic acids is 1. The second-order valence-corrected chi connectivity index (χ2v) is 2.49. The summed E-state index contributed by atoms with van der Waals surface area (Å²) >= 11 is 0. The Morgan fingerprint density at radius 1 is 1.00 bits per heavy atom. The minimum Gasteiger partial charge on any atom is -0.468 e. The van der Waals surface area contributed by atoms with Gasteiger partial charge in [-0.15, -0.1) is 0 Å². The molecule has 0 fully saturated rings. The first-order chi connectivity index (χ1) is 6.56. The van der Waals surface area contributed by atoms with Crippen LogP contribution in [0.25, 0.3) is 0 Å². The van der Waals surface area contributed by atoms with Gasteiger partial charge in [0.05, 0.1) is 13.0 Å². The van der Waals surface area contributed by atoms with Crippen molar-refractivity contribution >= 4 is 6.47 Å². The number of rotatable bonds is 5. The summed E-state index contributed by atoms with van der Waals surface area (Å²) in [5, 5.41) is 0. The number of carbonyl (C=O) groups is 1. The summed E-state index contributed by atoms with van der Waals surface area (Å²) in [5.74, 6) is -11.5. The molecule has 0 atom stereocenters. The van der Waals surface area contributed by atoms with Crippen LogP contribution in [0.15, 0.2) is 0 Å². The largest absolute Gasteiger partial charge is 0.468 e. The van der Waals surface area contributed by atoms with E-state index < -0.39 is 31.0 Å². The van der Waals surface area contributed by atoms with Crippen LogP contribution in [-0.4, -0.2) is 31.1 Å². The molecule has 0 saturated carbocycles. The molecule has 2 nitrogen and oxygen atoms in total. The molecule has 0 N–H and O–H groups in total. The Balaban J connectivity index is 4.62. The van der Waals surface area contributed by atoms with Crippen LogP contribution in [0.4, 0.5) is 30.7 Å². The summed E-state index contributed by atoms with van der Waals surface area (Å²) in [6.45, 7) is -1.55. The molecule has 0 aromatic heterocycles. The number of hydrogen-bond acceptors (Lipinski definition) is 2. The third-order valence-electron chi connectivity index (χ3n) is 1.42. The SMILES string of the molecule is O=COCCC(F)(F)C(F)(F)C(F)(F)F. The summed E-state index contributed by atoms with van der Waals surface area (Å²) < 4.78 is 87.1. The van der Waals surface area contributed by atoms with Crippen LogP contribution in [0.1, 0.15) is 6.42 Å². The van der Waals surface area contributed by atoms with E-state index in [2.05, 4.69) is 4.74 Å². The van der Waals surface area contributed by atoms with Crippen molar-refractivity contribution < 1.29 is 40.3 Å². The molecule has 9 heteroatoms. The molecule has 0 spiro atoms. The Labute approximate surface area is 79.0 Å². The van der Waals surface area contributed by atoms with Crippen molar-refractivity contribution in [2.45, 2.75) is 24.4 Å². The molecule has 0 amide bonds. The lowest BCUT2D eigenvalue weighted by Crippen LogP contribution is -2.52. The van der Waals surface area contributed by atoms with Crippen LogP contribution in [0, 0.1) is 0 Å². The second-order valence-electron chi connectivity index (χ2n) is 2.49. The van der Waals surface area contributed by atoms with Crippen molar-refractivity contribution in [3.8, 4) is 0 Å². The van der Waals surface area contributed by atoms with Gasteiger partial charge < -0.3 is 4.74 Å². The first-order valence-corrected chi connectivity index (χ1v) is 3.44. The van der Waals surface area contributed by atoms with Crippen molar-refractivity contribution in [2.75, 3.05) is 6.61 Å². The maximum Gasteiger partial charge on any atom is 0.459 e. The Morgan fingerprint density at radius 2 is 1.47 bits per heavy atom. The first-order valence-electron chi connectivity index (χ1n) is 3.44. The molecular weight excluding hydrogens is 237 g/mol. The maximum absolute atomic E-state index is 12.4. The molecule has 0 aliphatic heterocycles. The Hall–Kier alpha value is -1.02. The van der Waals surface area contributed by atoms with Crippen molar-refractivity contribution in [1.82, 2.24) is 0 Å². The Morgan fingerprint density at radius 3 is 1.80 bits per heavy atom. The molecular formula is C6H5F7O2. The van der Waals surface area contributed by atoms with E-state index in [1.54, 1.807) is 0 Å². The predicted molar refractivity (Wildman–Crippen MR) is 32.6 cm³/mol. The lowest BCUT2D eigenvalue weighted by atomic mass is 10.1. The number of alkyl halides is 7. The zero-order valence-corrected chi connectivity index (χ0v) is 6.95. The van der Waals surface area contributed by atoms with Gasteiger partial charge in [0.1, 0.15) is 0 Å². The number of hydrogen-bond donors (Lipinski definition) is 0. The van der Waals surface area contributed by atoms with E-state index in [-0.39, 0.29) is 6.47 Å². The van der Waals surface area contributed by atoms with Crippen LogP contribution >= 0.6 is 0 Å². The van der Waals surface area contributed by atoms with Crippen molar-refractivity contribution in [1.29, 1.82) is 0 Å². The van der Waals surface area contributed by atoms with Gasteiger partial charge >= 0.3 is 18.0 Å². The standard InChI is InChI=1S/C6H5F7O2/c7-4(8,1-2-15-3-14)5(9,10)6(11,12)13/h3H,1-2H2. The molecule has 15 heavy (non-hydrogen) atoms. The average Bonchev–Trinajstić information content (AvgIpc) is 2.02. The van der Waals surface area contributed by atoms with E-state index >= 15 is 0 Å². The van der Waals surface area contributed by atoms with Crippen LogP contribution in [0.2, 0.25) is 0 Å². The zero-order chi connectivity index (χ0) is 12.3. The third kappa shape index (κ3) is 2.96. The molecule has 0 unspecified atom stereocenters. The zero-order valence-electron chi connectivity index (χ0n) is 6.95. The normalized spacial score (nSPS) is 13.8. The van der Waals surface area contributed by atoms with E-state index in [9.17, 15) is 35.5 Å². The lowest BCUT2D eigenvalue weighted by Gasteiger charge is -2.27. The quantitative estimate of drug-likeness (QED) is 0.420. The summed E-state index contributed by atoms with van der Waals surface area (Å²) in [4.78, 5) is 9.46. The lowest BCUT2D eigenvalue weighted by molar-refractivity contribution is -0.356. The van der Waals surface area contributed by atoms with Crippen LogP contribution in [0.5, 0.6) is 0 Å². The fraction of sp³-hybridized carbons (Fsp3) is 0.833. The molecule has 0 aliphatic carbocycles. The summed E-state index contributed by atoms with van der Waals surface area (Å²) in [6, 6.07) is 0. The van der Waals surface area contributed by atoms with Gasteiger partial charge in [-0.25, -0.2) is 0 Å². The molecule has 0 radical (unpaired) electrons. The molecule has 0 aliphatic rings. The van der Waals surface area contributed by atoms with E-state index in [4.69, 9.17) is 0 Å². The summed E-state index contributed by atoms with van der Waals surface area (Å²) in [5.41, 5.74) is 0. The maximum atomic E-state index is 12.4. The van der Waals surface area contributed by atoms with Crippen molar-refractivity contribution in [3.05, 3.63) is 0 Å². The second kappa shape index (κ2) is 4.23. The van der Waals surface area contributed by atoms with Crippen LogP contribution in [-0.2, 0) is 9.53 Å². The van der Waals surface area contributed by atoms with Gasteiger partial charge in [-0.1, -0.05) is 0 Å². The van der Waals surface area contributed by atoms with Gasteiger partial charge in [-0.05, 0) is 0 Å². The van der Waals surface area contributed by atoms with Gasteiger partial charge in [0.2, 0.25) is 0 Å². The Bertz CT molecular complexity index is 222. The van der Waals surface area contributed by atoms with E-state index in [0.29, 0.717) is 0 Å². The van der Waals surface area contributed by atoms with Gasteiger partial charge in [0, 0.05) is 0 Å². The Kier molecular flexibility index (Phi) is 3.94. The van der Waals surface area contributed by atoms with Crippen LogP contribution in [0.3, 0.4) is 0 Å².